The Kier molecular flexibility index (Phi) is 7.22. The van der Waals surface area contributed by atoms with E-state index in [0.717, 1.165) is 10.1 Å². The van der Waals surface area contributed by atoms with E-state index < -0.39 is 5.69 Å². The highest BCUT2D eigenvalue weighted by molar-refractivity contribution is 8.69. The number of thioether (sulfide) groups is 1. The molecule has 1 rings (SSSR count). The molecule has 2 nitrogen and oxygen atoms in total. The highest BCUT2D eigenvalue weighted by Crippen LogP contribution is 2.61. The van der Waals surface area contributed by atoms with Crippen LogP contribution in [0.15, 0.2) is 24.3 Å². The third-order valence-corrected chi connectivity index (χ3v) is 10.6. The van der Waals surface area contributed by atoms with Gasteiger partial charge in [-0.2, -0.15) is 0 Å². The second-order valence-corrected chi connectivity index (χ2v) is 13.1. The Bertz CT molecular complexity index is 443. The van der Waals surface area contributed by atoms with Crippen molar-refractivity contribution in [3.8, 4) is 0 Å². The van der Waals surface area contributed by atoms with Gasteiger partial charge in [-0.1, -0.05) is 35.1 Å². The van der Waals surface area contributed by atoms with Crippen molar-refractivity contribution in [1.82, 2.24) is 0 Å². The van der Waals surface area contributed by atoms with Crippen molar-refractivity contribution < 1.29 is 9.05 Å². The van der Waals surface area contributed by atoms with E-state index in [2.05, 4.69) is 26.0 Å². The highest BCUT2D eigenvalue weighted by Gasteiger charge is 2.23. The lowest BCUT2D eigenvalue weighted by atomic mass is 10.0. The van der Waals surface area contributed by atoms with Crippen molar-refractivity contribution in [2.75, 3.05) is 19.3 Å². The summed E-state index contributed by atoms with van der Waals surface area (Å²) in [4.78, 5) is 0. The lowest BCUT2D eigenvalue weighted by Gasteiger charge is -2.26. The van der Waals surface area contributed by atoms with E-state index in [1.807, 2.05) is 23.9 Å². The van der Waals surface area contributed by atoms with Gasteiger partial charge in [0, 0.05) is 29.1 Å². The van der Waals surface area contributed by atoms with Gasteiger partial charge < -0.3 is 9.05 Å². The average molecular weight is 357 g/mol. The highest BCUT2D eigenvalue weighted by atomic mass is 35.5. The Morgan fingerprint density at radius 3 is 2.21 bits per heavy atom. The molecule has 1 aromatic rings. The molecular formula is C12H18ClO2PS3. The number of halogens is 1. The molecule has 0 unspecified atom stereocenters. The Morgan fingerprint density at radius 1 is 1.21 bits per heavy atom. The van der Waals surface area contributed by atoms with E-state index in [4.69, 9.17) is 32.5 Å². The first-order valence-electron chi connectivity index (χ1n) is 5.59. The maximum Gasteiger partial charge on any atom is 0.247 e. The van der Waals surface area contributed by atoms with Crippen molar-refractivity contribution in [3.63, 3.8) is 0 Å². The second kappa shape index (κ2) is 7.69. The summed E-state index contributed by atoms with van der Waals surface area (Å²) in [6.45, 7) is 4.37. The maximum atomic E-state index is 5.91. The van der Waals surface area contributed by atoms with Crippen LogP contribution in [0.3, 0.4) is 0 Å². The molecule has 0 saturated heterocycles. The van der Waals surface area contributed by atoms with E-state index in [1.165, 1.54) is 5.56 Å². The zero-order chi connectivity index (χ0) is 14.5. The molecule has 0 saturated carbocycles. The summed E-state index contributed by atoms with van der Waals surface area (Å²) in [7, 11) is 3.21. The first-order chi connectivity index (χ1) is 8.83. The molecule has 0 spiro atoms. The Hall–Kier alpha value is 0.780. The molecule has 0 atom stereocenters. The van der Waals surface area contributed by atoms with Crippen LogP contribution in [-0.2, 0) is 25.6 Å². The van der Waals surface area contributed by atoms with Crippen LogP contribution >= 0.6 is 40.4 Å². The first-order valence-corrected chi connectivity index (χ1v) is 11.2. The van der Waals surface area contributed by atoms with Gasteiger partial charge >= 0.3 is 0 Å². The molecule has 0 aliphatic heterocycles. The van der Waals surface area contributed by atoms with Crippen LogP contribution in [0, 0.1) is 0 Å². The van der Waals surface area contributed by atoms with Crippen molar-refractivity contribution in [2.45, 2.75) is 18.6 Å². The first kappa shape index (κ1) is 17.8. The molecule has 0 N–H and O–H groups in total. The summed E-state index contributed by atoms with van der Waals surface area (Å²) in [5.41, 5.74) is -0.917. The Balaban J connectivity index is 2.61. The van der Waals surface area contributed by atoms with Crippen molar-refractivity contribution in [2.24, 2.45) is 0 Å². The molecule has 0 aliphatic carbocycles. The zero-order valence-electron chi connectivity index (χ0n) is 11.4. The van der Waals surface area contributed by atoms with Gasteiger partial charge in [-0.05, 0) is 43.4 Å². The molecule has 0 amide bonds. The quantitative estimate of drug-likeness (QED) is 0.471. The molecule has 0 heterocycles. The van der Waals surface area contributed by atoms with Crippen molar-refractivity contribution in [3.05, 3.63) is 34.9 Å². The zero-order valence-corrected chi connectivity index (χ0v) is 15.5. The Morgan fingerprint density at radius 2 is 1.74 bits per heavy atom. The number of hydrogen-bond donors (Lipinski definition) is 0. The molecule has 108 valence electrons. The van der Waals surface area contributed by atoms with Crippen molar-refractivity contribution >= 4 is 52.2 Å². The van der Waals surface area contributed by atoms with Gasteiger partial charge in [0.15, 0.2) is 0 Å². The summed E-state index contributed by atoms with van der Waals surface area (Å²) in [5.74, 6) is 0. The van der Waals surface area contributed by atoms with Gasteiger partial charge in [-0.3, -0.25) is 0 Å². The van der Waals surface area contributed by atoms with Gasteiger partial charge in [0.05, 0.1) is 0 Å². The normalized spacial score (nSPS) is 12.7. The van der Waals surface area contributed by atoms with Crippen molar-refractivity contribution in [1.29, 1.82) is 0 Å². The molecule has 0 fully saturated rings. The molecule has 0 bridgehead atoms. The Labute approximate surface area is 133 Å². The summed E-state index contributed by atoms with van der Waals surface area (Å²) < 4.78 is 10.5. The van der Waals surface area contributed by atoms with Crippen LogP contribution in [0.25, 0.3) is 0 Å². The lowest BCUT2D eigenvalue weighted by molar-refractivity contribution is 0.354. The third-order valence-electron chi connectivity index (χ3n) is 2.62. The minimum Gasteiger partial charge on any atom is -0.325 e. The topological polar surface area (TPSA) is 18.5 Å². The van der Waals surface area contributed by atoms with Gasteiger partial charge in [0.1, 0.15) is 0 Å². The summed E-state index contributed by atoms with van der Waals surface area (Å²) in [5, 5.41) is 1.59. The lowest BCUT2D eigenvalue weighted by Crippen LogP contribution is -2.12. The van der Waals surface area contributed by atoms with Gasteiger partial charge in [0.2, 0.25) is 5.69 Å². The summed E-state index contributed by atoms with van der Waals surface area (Å²) >= 11 is 14.6. The largest absolute Gasteiger partial charge is 0.325 e. The predicted molar refractivity (Wildman–Crippen MR) is 92.8 cm³/mol. The van der Waals surface area contributed by atoms with E-state index in [1.54, 1.807) is 25.6 Å². The van der Waals surface area contributed by atoms with Crippen LogP contribution < -0.4 is 0 Å². The molecule has 0 aliphatic rings. The van der Waals surface area contributed by atoms with Gasteiger partial charge in [-0.15, -0.1) is 11.8 Å². The number of benzene rings is 1. The SMILES string of the molecule is COP(=S)(OC)SCSC(C)(C)c1ccc(Cl)cc1. The van der Waals surface area contributed by atoms with Crippen LogP contribution in [0.4, 0.5) is 0 Å². The molecule has 7 heteroatoms. The summed E-state index contributed by atoms with van der Waals surface area (Å²) in [6, 6.07) is 7.95. The number of rotatable bonds is 7. The fraction of sp³-hybridized carbons (Fsp3) is 0.500. The van der Waals surface area contributed by atoms with E-state index in [9.17, 15) is 0 Å². The number of hydrogen-bond acceptors (Lipinski definition) is 5. The van der Waals surface area contributed by atoms with Crippen LogP contribution in [0.5, 0.6) is 0 Å². The van der Waals surface area contributed by atoms with E-state index in [-0.39, 0.29) is 4.75 Å². The summed E-state index contributed by atoms with van der Waals surface area (Å²) in [6.07, 6.45) is 0. The molecule has 1 aromatic carbocycles. The minimum absolute atomic E-state index is 0.000759. The van der Waals surface area contributed by atoms with Gasteiger partial charge in [0.25, 0.3) is 0 Å². The molecule has 0 radical (unpaired) electrons. The van der Waals surface area contributed by atoms with Crippen LogP contribution in [-0.4, -0.2) is 19.3 Å². The standard InChI is InChI=1S/C12H18ClO2PS3/c1-12(2,10-5-7-11(13)8-6-10)18-9-19-16(17,14-3)15-4/h5-8H,9H2,1-4H3. The second-order valence-electron chi connectivity index (χ2n) is 4.22. The fourth-order valence-corrected chi connectivity index (χ4v) is 7.48. The van der Waals surface area contributed by atoms with E-state index in [0.29, 0.717) is 0 Å². The molecule has 19 heavy (non-hydrogen) atoms. The third kappa shape index (κ3) is 5.58. The fourth-order valence-electron chi connectivity index (χ4n) is 1.35. The van der Waals surface area contributed by atoms with Crippen LogP contribution in [0.2, 0.25) is 5.02 Å². The average Bonchev–Trinajstić information content (AvgIpc) is 2.39. The van der Waals surface area contributed by atoms with Gasteiger partial charge in [-0.25, -0.2) is 0 Å². The van der Waals surface area contributed by atoms with E-state index >= 15 is 0 Å². The molecule has 0 aromatic heterocycles. The monoisotopic (exact) mass is 356 g/mol. The predicted octanol–water partition coefficient (Wildman–Crippen LogP) is 5.52. The minimum atomic E-state index is -2.16. The van der Waals surface area contributed by atoms with Crippen LogP contribution in [0.1, 0.15) is 19.4 Å². The molecular weight excluding hydrogens is 339 g/mol. The smallest absolute Gasteiger partial charge is 0.247 e. The maximum absolute atomic E-state index is 5.91.